The lowest BCUT2D eigenvalue weighted by atomic mass is 10.1. The number of hydrogen-bond donors (Lipinski definition) is 2. The second kappa shape index (κ2) is 8.46. The minimum absolute atomic E-state index is 0.191. The summed E-state index contributed by atoms with van der Waals surface area (Å²) < 4.78 is 0. The van der Waals surface area contributed by atoms with E-state index >= 15 is 0 Å². The SMILES string of the molecule is C=C/C=c1/cccc/c1=C(/C=C)C(N)NCCCC. The third-order valence-electron chi connectivity index (χ3n) is 3.02. The monoisotopic (exact) mass is 256 g/mol. The van der Waals surface area contributed by atoms with Crippen LogP contribution in [-0.4, -0.2) is 12.7 Å². The first-order chi connectivity index (χ1) is 9.24. The molecule has 0 saturated carbocycles. The van der Waals surface area contributed by atoms with Gasteiger partial charge in [0.2, 0.25) is 0 Å². The summed E-state index contributed by atoms with van der Waals surface area (Å²) in [6.45, 7) is 10.7. The van der Waals surface area contributed by atoms with Crippen LogP contribution in [0.5, 0.6) is 0 Å². The predicted molar refractivity (Wildman–Crippen MR) is 84.8 cm³/mol. The normalized spacial score (nSPS) is 14.9. The van der Waals surface area contributed by atoms with Gasteiger partial charge in [0.05, 0.1) is 6.17 Å². The van der Waals surface area contributed by atoms with E-state index in [1.54, 1.807) is 6.08 Å². The van der Waals surface area contributed by atoms with Crippen LogP contribution in [0.15, 0.2) is 49.6 Å². The van der Waals surface area contributed by atoms with Crippen molar-refractivity contribution in [1.82, 2.24) is 5.32 Å². The van der Waals surface area contributed by atoms with Gasteiger partial charge < -0.3 is 5.73 Å². The van der Waals surface area contributed by atoms with Crippen molar-refractivity contribution in [3.63, 3.8) is 0 Å². The van der Waals surface area contributed by atoms with Gasteiger partial charge in [-0.05, 0) is 29.0 Å². The zero-order chi connectivity index (χ0) is 14.1. The molecule has 2 nitrogen and oxygen atoms in total. The highest BCUT2D eigenvalue weighted by Crippen LogP contribution is 1.97. The smallest absolute Gasteiger partial charge is 0.0815 e. The van der Waals surface area contributed by atoms with Gasteiger partial charge in [-0.1, -0.05) is 69.0 Å². The summed E-state index contributed by atoms with van der Waals surface area (Å²) in [6, 6.07) is 8.14. The van der Waals surface area contributed by atoms with Gasteiger partial charge in [-0.25, -0.2) is 0 Å². The fourth-order valence-electron chi connectivity index (χ4n) is 1.98. The van der Waals surface area contributed by atoms with Gasteiger partial charge in [-0.2, -0.15) is 0 Å². The summed E-state index contributed by atoms with van der Waals surface area (Å²) in [5, 5.41) is 5.55. The van der Waals surface area contributed by atoms with Crippen LogP contribution in [-0.2, 0) is 0 Å². The Kier molecular flexibility index (Phi) is 6.86. The van der Waals surface area contributed by atoms with Crippen LogP contribution in [0.3, 0.4) is 0 Å². The number of rotatable bonds is 7. The average Bonchev–Trinajstić information content (AvgIpc) is 2.42. The standard InChI is InChI=1S/C17H24N2/c1-4-7-13-19-17(18)15(6-3)16-12-9-8-11-14(16)10-5-2/h5-6,8-12,17,19H,2-4,7,13,18H2,1H3/b14-10-,16-15+. The van der Waals surface area contributed by atoms with Crippen molar-refractivity contribution in [1.29, 1.82) is 0 Å². The molecule has 1 rings (SSSR count). The molecule has 0 saturated heterocycles. The van der Waals surface area contributed by atoms with E-state index in [0.717, 1.165) is 35.4 Å². The molecule has 2 heteroatoms. The first-order valence-corrected chi connectivity index (χ1v) is 6.78. The maximum Gasteiger partial charge on any atom is 0.0815 e. The zero-order valence-corrected chi connectivity index (χ0v) is 11.7. The molecular formula is C17H24N2. The Balaban J connectivity index is 3.19. The Morgan fingerprint density at radius 1 is 1.37 bits per heavy atom. The van der Waals surface area contributed by atoms with E-state index in [2.05, 4.69) is 37.5 Å². The number of nitrogens with one attached hydrogen (secondary N) is 1. The number of allylic oxidation sites excluding steroid dienone is 1. The predicted octanol–water partition coefficient (Wildman–Crippen LogP) is 1.66. The number of nitrogens with two attached hydrogens (primary N) is 1. The van der Waals surface area contributed by atoms with Gasteiger partial charge in [-0.3, -0.25) is 5.32 Å². The zero-order valence-electron chi connectivity index (χ0n) is 11.7. The van der Waals surface area contributed by atoms with Gasteiger partial charge in [0.25, 0.3) is 0 Å². The summed E-state index contributed by atoms with van der Waals surface area (Å²) >= 11 is 0. The molecule has 0 fully saturated rings. The van der Waals surface area contributed by atoms with Crippen LogP contribution in [0.25, 0.3) is 11.6 Å². The first kappa shape index (κ1) is 15.4. The molecule has 0 aliphatic carbocycles. The average molecular weight is 256 g/mol. The molecule has 1 aromatic carbocycles. The summed E-state index contributed by atoms with van der Waals surface area (Å²) in [7, 11) is 0. The van der Waals surface area contributed by atoms with Crippen molar-refractivity contribution < 1.29 is 0 Å². The van der Waals surface area contributed by atoms with Crippen LogP contribution in [0.2, 0.25) is 0 Å². The molecule has 0 aromatic heterocycles. The summed E-state index contributed by atoms with van der Waals surface area (Å²) in [6.07, 6.45) is 7.69. The molecule has 0 spiro atoms. The molecule has 0 aliphatic rings. The Morgan fingerprint density at radius 2 is 2.11 bits per heavy atom. The van der Waals surface area contributed by atoms with Crippen molar-refractivity contribution in [3.8, 4) is 0 Å². The summed E-state index contributed by atoms with van der Waals surface area (Å²) in [5.74, 6) is 0. The number of hydrogen-bond acceptors (Lipinski definition) is 2. The van der Waals surface area contributed by atoms with Crippen molar-refractivity contribution in [2.75, 3.05) is 6.54 Å². The fourth-order valence-corrected chi connectivity index (χ4v) is 1.98. The lowest BCUT2D eigenvalue weighted by molar-refractivity contribution is 0.594. The van der Waals surface area contributed by atoms with Gasteiger partial charge in [0.15, 0.2) is 0 Å². The Labute approximate surface area is 116 Å². The van der Waals surface area contributed by atoms with E-state index in [9.17, 15) is 0 Å². The first-order valence-electron chi connectivity index (χ1n) is 6.78. The second-order valence-corrected chi connectivity index (χ2v) is 4.43. The highest BCUT2D eigenvalue weighted by atomic mass is 15.0. The van der Waals surface area contributed by atoms with Crippen LogP contribution < -0.4 is 21.5 Å². The Hall–Kier alpha value is -1.64. The minimum atomic E-state index is -0.191. The molecule has 0 bridgehead atoms. The largest absolute Gasteiger partial charge is 0.312 e. The van der Waals surface area contributed by atoms with Crippen molar-refractivity contribution >= 4 is 11.6 Å². The molecule has 102 valence electrons. The van der Waals surface area contributed by atoms with E-state index in [4.69, 9.17) is 5.73 Å². The summed E-state index contributed by atoms with van der Waals surface area (Å²) in [5.41, 5.74) is 7.23. The molecule has 1 aromatic rings. The lowest BCUT2D eigenvalue weighted by Gasteiger charge is -2.15. The van der Waals surface area contributed by atoms with Gasteiger partial charge in [-0.15, -0.1) is 0 Å². The molecule has 0 radical (unpaired) electrons. The lowest BCUT2D eigenvalue weighted by Crippen LogP contribution is -2.43. The molecule has 1 atom stereocenters. The minimum Gasteiger partial charge on any atom is -0.312 e. The van der Waals surface area contributed by atoms with E-state index in [1.807, 2.05) is 24.3 Å². The Morgan fingerprint density at radius 3 is 2.74 bits per heavy atom. The van der Waals surface area contributed by atoms with Crippen molar-refractivity contribution in [3.05, 3.63) is 60.0 Å². The fraction of sp³-hybridized carbons (Fsp3) is 0.294. The molecule has 19 heavy (non-hydrogen) atoms. The molecule has 0 aliphatic heterocycles. The van der Waals surface area contributed by atoms with E-state index in [0.29, 0.717) is 0 Å². The van der Waals surface area contributed by atoms with Crippen LogP contribution in [0, 0.1) is 0 Å². The van der Waals surface area contributed by atoms with Crippen molar-refractivity contribution in [2.45, 2.75) is 25.9 Å². The van der Waals surface area contributed by atoms with E-state index in [-0.39, 0.29) is 6.17 Å². The second-order valence-electron chi connectivity index (χ2n) is 4.43. The molecule has 3 N–H and O–H groups in total. The highest BCUT2D eigenvalue weighted by molar-refractivity contribution is 5.61. The van der Waals surface area contributed by atoms with E-state index < -0.39 is 0 Å². The Bertz CT molecular complexity index is 528. The van der Waals surface area contributed by atoms with Crippen LogP contribution >= 0.6 is 0 Å². The molecule has 0 amide bonds. The number of benzene rings is 1. The van der Waals surface area contributed by atoms with Gasteiger partial charge >= 0.3 is 0 Å². The third kappa shape index (κ3) is 4.51. The maximum atomic E-state index is 6.21. The van der Waals surface area contributed by atoms with Gasteiger partial charge in [0, 0.05) is 0 Å². The van der Waals surface area contributed by atoms with E-state index in [1.165, 1.54) is 0 Å². The van der Waals surface area contributed by atoms with Crippen LogP contribution in [0.1, 0.15) is 19.8 Å². The molecular weight excluding hydrogens is 232 g/mol. The highest BCUT2D eigenvalue weighted by Gasteiger charge is 2.06. The summed E-state index contributed by atoms with van der Waals surface area (Å²) in [4.78, 5) is 0. The van der Waals surface area contributed by atoms with Gasteiger partial charge in [0.1, 0.15) is 0 Å². The van der Waals surface area contributed by atoms with Crippen molar-refractivity contribution in [2.24, 2.45) is 5.73 Å². The number of unbranched alkanes of at least 4 members (excludes halogenated alkanes) is 1. The third-order valence-corrected chi connectivity index (χ3v) is 3.02. The quantitative estimate of drug-likeness (QED) is 0.575. The molecule has 1 unspecified atom stereocenters. The van der Waals surface area contributed by atoms with Crippen LogP contribution in [0.4, 0.5) is 0 Å². The molecule has 0 heterocycles. The topological polar surface area (TPSA) is 38.0 Å². The maximum absolute atomic E-state index is 6.21.